The predicted molar refractivity (Wildman–Crippen MR) is 82.6 cm³/mol. The lowest BCUT2D eigenvalue weighted by atomic mass is 9.81. The predicted octanol–water partition coefficient (Wildman–Crippen LogP) is 4.07. The lowest BCUT2D eigenvalue weighted by Gasteiger charge is -2.23. The second kappa shape index (κ2) is 7.71. The molecule has 0 radical (unpaired) electrons. The molecule has 1 aromatic carbocycles. The molecule has 0 spiro atoms. The maximum Gasteiger partial charge on any atom is 0.0669 e. The zero-order valence-corrected chi connectivity index (χ0v) is 13.1. The number of rotatable bonds is 6. The standard InChI is InChI=1S/C18H24N2/c1-5-13-14(6-2)18(10-12-20)16(8-4)15(7-3)17(13)9-11-19/h5-10H2,1-4H3. The first-order valence-corrected chi connectivity index (χ1v) is 7.60. The van der Waals surface area contributed by atoms with Crippen molar-refractivity contribution in [3.63, 3.8) is 0 Å². The van der Waals surface area contributed by atoms with Gasteiger partial charge in [-0.25, -0.2) is 0 Å². The first kappa shape index (κ1) is 16.3. The van der Waals surface area contributed by atoms with Gasteiger partial charge in [0.1, 0.15) is 0 Å². The third-order valence-electron chi connectivity index (χ3n) is 4.11. The highest BCUT2D eigenvalue weighted by atomic mass is 14.3. The van der Waals surface area contributed by atoms with E-state index in [4.69, 9.17) is 10.5 Å². The van der Waals surface area contributed by atoms with Gasteiger partial charge in [-0.15, -0.1) is 0 Å². The van der Waals surface area contributed by atoms with E-state index in [1.807, 2.05) is 0 Å². The molecule has 0 aromatic heterocycles. The van der Waals surface area contributed by atoms with Crippen LogP contribution in [0.2, 0.25) is 0 Å². The zero-order chi connectivity index (χ0) is 15.1. The highest BCUT2D eigenvalue weighted by Crippen LogP contribution is 2.31. The summed E-state index contributed by atoms with van der Waals surface area (Å²) in [6, 6.07) is 4.65. The van der Waals surface area contributed by atoms with E-state index >= 15 is 0 Å². The van der Waals surface area contributed by atoms with E-state index in [1.165, 1.54) is 33.4 Å². The van der Waals surface area contributed by atoms with Crippen molar-refractivity contribution in [1.29, 1.82) is 10.5 Å². The summed E-state index contributed by atoms with van der Waals surface area (Å²) in [5.74, 6) is 0. The van der Waals surface area contributed by atoms with Crippen LogP contribution in [0.3, 0.4) is 0 Å². The zero-order valence-electron chi connectivity index (χ0n) is 13.1. The Labute approximate surface area is 123 Å². The van der Waals surface area contributed by atoms with Crippen molar-refractivity contribution < 1.29 is 0 Å². The monoisotopic (exact) mass is 268 g/mol. The van der Waals surface area contributed by atoms with Gasteiger partial charge in [-0.2, -0.15) is 10.5 Å². The Hall–Kier alpha value is -1.80. The van der Waals surface area contributed by atoms with Gasteiger partial charge in [-0.05, 0) is 59.1 Å². The van der Waals surface area contributed by atoms with Gasteiger partial charge < -0.3 is 0 Å². The maximum absolute atomic E-state index is 9.16. The van der Waals surface area contributed by atoms with Gasteiger partial charge in [-0.3, -0.25) is 0 Å². The summed E-state index contributed by atoms with van der Waals surface area (Å²) in [6.07, 6.45) is 4.73. The molecule has 0 aliphatic rings. The maximum atomic E-state index is 9.16. The second-order valence-electron chi connectivity index (χ2n) is 4.96. The van der Waals surface area contributed by atoms with Gasteiger partial charge in [0, 0.05) is 0 Å². The summed E-state index contributed by atoms with van der Waals surface area (Å²) in [4.78, 5) is 0. The minimum Gasteiger partial charge on any atom is -0.198 e. The molecule has 106 valence electrons. The molecular formula is C18H24N2. The molecule has 0 saturated carbocycles. The Morgan fingerprint density at radius 1 is 0.550 bits per heavy atom. The van der Waals surface area contributed by atoms with Crippen molar-refractivity contribution in [2.45, 2.75) is 66.2 Å². The molecule has 0 aliphatic heterocycles. The van der Waals surface area contributed by atoms with E-state index in [9.17, 15) is 0 Å². The molecule has 1 rings (SSSR count). The number of hydrogen-bond acceptors (Lipinski definition) is 2. The summed E-state index contributed by atoms with van der Waals surface area (Å²) in [6.45, 7) is 8.60. The smallest absolute Gasteiger partial charge is 0.0669 e. The Balaban J connectivity index is 3.79. The highest BCUT2D eigenvalue weighted by Gasteiger charge is 2.19. The van der Waals surface area contributed by atoms with Gasteiger partial charge in [0.15, 0.2) is 0 Å². The van der Waals surface area contributed by atoms with Crippen LogP contribution < -0.4 is 0 Å². The second-order valence-corrected chi connectivity index (χ2v) is 4.96. The van der Waals surface area contributed by atoms with E-state index < -0.39 is 0 Å². The molecule has 2 heteroatoms. The Morgan fingerprint density at radius 2 is 0.800 bits per heavy atom. The molecule has 0 saturated heterocycles. The molecule has 0 unspecified atom stereocenters. The topological polar surface area (TPSA) is 47.6 Å². The molecule has 0 heterocycles. The van der Waals surface area contributed by atoms with Crippen molar-refractivity contribution in [1.82, 2.24) is 0 Å². The number of nitrogens with zero attached hydrogens (tertiary/aromatic N) is 2. The molecule has 2 nitrogen and oxygen atoms in total. The number of benzene rings is 1. The van der Waals surface area contributed by atoms with Crippen LogP contribution in [0.1, 0.15) is 61.1 Å². The molecule has 0 N–H and O–H groups in total. The average molecular weight is 268 g/mol. The van der Waals surface area contributed by atoms with Crippen molar-refractivity contribution in [3.8, 4) is 12.1 Å². The van der Waals surface area contributed by atoms with Crippen LogP contribution in [-0.4, -0.2) is 0 Å². The minimum absolute atomic E-state index is 0.485. The molecule has 0 atom stereocenters. The van der Waals surface area contributed by atoms with E-state index in [2.05, 4.69) is 39.8 Å². The van der Waals surface area contributed by atoms with Gasteiger partial charge in [0.05, 0.1) is 25.0 Å². The van der Waals surface area contributed by atoms with Crippen molar-refractivity contribution in [2.75, 3.05) is 0 Å². The van der Waals surface area contributed by atoms with Gasteiger partial charge in [0.2, 0.25) is 0 Å². The fourth-order valence-electron chi connectivity index (χ4n) is 3.38. The molecule has 0 bridgehead atoms. The molecule has 0 aliphatic carbocycles. The summed E-state index contributed by atoms with van der Waals surface area (Å²) in [7, 11) is 0. The molecular weight excluding hydrogens is 244 g/mol. The van der Waals surface area contributed by atoms with Crippen LogP contribution in [-0.2, 0) is 38.5 Å². The number of hydrogen-bond donors (Lipinski definition) is 0. The lowest BCUT2D eigenvalue weighted by molar-refractivity contribution is 0.903. The fourth-order valence-corrected chi connectivity index (χ4v) is 3.38. The van der Waals surface area contributed by atoms with E-state index in [1.54, 1.807) is 0 Å². The Bertz CT molecular complexity index is 472. The summed E-state index contributed by atoms with van der Waals surface area (Å²) >= 11 is 0. The summed E-state index contributed by atoms with van der Waals surface area (Å²) in [5, 5.41) is 18.3. The van der Waals surface area contributed by atoms with Gasteiger partial charge >= 0.3 is 0 Å². The van der Waals surface area contributed by atoms with Crippen LogP contribution in [0.15, 0.2) is 0 Å². The SMILES string of the molecule is CCc1c(CC)c(CC#N)c(CC)c(CC)c1CC#N. The van der Waals surface area contributed by atoms with Crippen molar-refractivity contribution >= 4 is 0 Å². The van der Waals surface area contributed by atoms with Crippen LogP contribution in [0, 0.1) is 22.7 Å². The van der Waals surface area contributed by atoms with Crippen LogP contribution in [0.5, 0.6) is 0 Å². The van der Waals surface area contributed by atoms with E-state index in [0.717, 1.165) is 25.7 Å². The largest absolute Gasteiger partial charge is 0.198 e. The average Bonchev–Trinajstić information content (AvgIpc) is 2.47. The Morgan fingerprint density at radius 3 is 0.950 bits per heavy atom. The van der Waals surface area contributed by atoms with E-state index in [-0.39, 0.29) is 0 Å². The normalized spacial score (nSPS) is 10.1. The fraction of sp³-hybridized carbons (Fsp3) is 0.556. The van der Waals surface area contributed by atoms with Crippen LogP contribution in [0.4, 0.5) is 0 Å². The summed E-state index contributed by atoms with van der Waals surface area (Å²) < 4.78 is 0. The van der Waals surface area contributed by atoms with Gasteiger partial charge in [-0.1, -0.05) is 27.7 Å². The number of nitriles is 2. The third-order valence-corrected chi connectivity index (χ3v) is 4.11. The molecule has 0 fully saturated rings. The van der Waals surface area contributed by atoms with Crippen LogP contribution >= 0.6 is 0 Å². The van der Waals surface area contributed by atoms with Crippen molar-refractivity contribution in [2.24, 2.45) is 0 Å². The first-order chi connectivity index (χ1) is 9.69. The van der Waals surface area contributed by atoms with Crippen molar-refractivity contribution in [3.05, 3.63) is 33.4 Å². The summed E-state index contributed by atoms with van der Waals surface area (Å²) in [5.41, 5.74) is 7.71. The van der Waals surface area contributed by atoms with E-state index in [0.29, 0.717) is 12.8 Å². The third kappa shape index (κ3) is 2.86. The van der Waals surface area contributed by atoms with Gasteiger partial charge in [0.25, 0.3) is 0 Å². The lowest BCUT2D eigenvalue weighted by Crippen LogP contribution is -2.12. The quantitative estimate of drug-likeness (QED) is 0.780. The van der Waals surface area contributed by atoms with Crippen LogP contribution in [0.25, 0.3) is 0 Å². The molecule has 1 aromatic rings. The minimum atomic E-state index is 0.485. The molecule has 0 amide bonds. The molecule has 20 heavy (non-hydrogen) atoms. The first-order valence-electron chi connectivity index (χ1n) is 7.60. The Kier molecular flexibility index (Phi) is 6.26. The highest BCUT2D eigenvalue weighted by molar-refractivity contribution is 5.54.